The normalized spacial score (nSPS) is 14.0. The largest absolute Gasteiger partial charge is 0.492 e. The highest BCUT2D eigenvalue weighted by Gasteiger charge is 2.28. The van der Waals surface area contributed by atoms with Gasteiger partial charge in [0, 0.05) is 33.2 Å². The van der Waals surface area contributed by atoms with E-state index in [4.69, 9.17) is 9.47 Å². The van der Waals surface area contributed by atoms with Crippen LogP contribution in [0, 0.1) is 0 Å². The summed E-state index contributed by atoms with van der Waals surface area (Å²) in [5, 5.41) is 2.84. The second-order valence-electron chi connectivity index (χ2n) is 8.89. The topological polar surface area (TPSA) is 114 Å². The Kier molecular flexibility index (Phi) is 10.2. The SMILES string of the molecule is COC(=O)c1ccc(N(C)S(=O)(=O)c2cc(C(=O)NCc3ccc(OCCN4CCOCC4)cc3)sc2Br)cc1. The maximum absolute atomic E-state index is 13.3. The van der Waals surface area contributed by atoms with Crippen molar-refractivity contribution in [2.24, 2.45) is 0 Å². The molecule has 4 rings (SSSR count). The van der Waals surface area contributed by atoms with Crippen molar-refractivity contribution < 1.29 is 32.2 Å². The summed E-state index contributed by atoms with van der Waals surface area (Å²) in [6, 6.07) is 14.8. The van der Waals surface area contributed by atoms with Crippen molar-refractivity contribution >= 4 is 54.9 Å². The highest BCUT2D eigenvalue weighted by molar-refractivity contribution is 9.11. The molecule has 1 amide bonds. The van der Waals surface area contributed by atoms with Crippen LogP contribution in [-0.2, 0) is 26.0 Å². The number of carbonyl (C=O) groups is 2. The van der Waals surface area contributed by atoms with Gasteiger partial charge < -0.3 is 19.5 Å². The third-order valence-electron chi connectivity index (χ3n) is 6.33. The van der Waals surface area contributed by atoms with Gasteiger partial charge in [-0.2, -0.15) is 0 Å². The number of benzene rings is 2. The molecule has 0 saturated carbocycles. The number of nitrogens with one attached hydrogen (secondary N) is 1. The number of sulfonamides is 1. The first-order valence-electron chi connectivity index (χ1n) is 12.5. The van der Waals surface area contributed by atoms with Crippen LogP contribution in [0.25, 0.3) is 0 Å². The van der Waals surface area contributed by atoms with Crippen LogP contribution in [0.2, 0.25) is 0 Å². The number of carbonyl (C=O) groups excluding carboxylic acids is 2. The zero-order valence-electron chi connectivity index (χ0n) is 22.1. The average molecular weight is 653 g/mol. The van der Waals surface area contributed by atoms with Crippen LogP contribution in [0.4, 0.5) is 5.69 Å². The molecule has 0 aliphatic carbocycles. The van der Waals surface area contributed by atoms with Crippen molar-refractivity contribution in [2.75, 3.05) is 57.9 Å². The number of ether oxygens (including phenoxy) is 3. The molecular weight excluding hydrogens is 622 g/mol. The first-order chi connectivity index (χ1) is 19.2. The van der Waals surface area contributed by atoms with Gasteiger partial charge in [-0.3, -0.25) is 14.0 Å². The van der Waals surface area contributed by atoms with Gasteiger partial charge in [-0.25, -0.2) is 13.2 Å². The van der Waals surface area contributed by atoms with E-state index in [0.717, 1.165) is 59.8 Å². The lowest BCUT2D eigenvalue weighted by molar-refractivity contribution is 0.0322. The van der Waals surface area contributed by atoms with Crippen LogP contribution in [0.1, 0.15) is 25.6 Å². The summed E-state index contributed by atoms with van der Waals surface area (Å²) < 4.78 is 43.9. The van der Waals surface area contributed by atoms with Crippen molar-refractivity contribution in [1.82, 2.24) is 10.2 Å². The fourth-order valence-corrected chi connectivity index (χ4v) is 7.57. The molecule has 0 spiro atoms. The van der Waals surface area contributed by atoms with E-state index in [2.05, 4.69) is 30.9 Å². The van der Waals surface area contributed by atoms with Gasteiger partial charge in [0.25, 0.3) is 15.9 Å². The van der Waals surface area contributed by atoms with Gasteiger partial charge >= 0.3 is 5.97 Å². The zero-order chi connectivity index (χ0) is 28.7. The molecule has 1 aliphatic rings. The predicted octanol–water partition coefficient (Wildman–Crippen LogP) is 3.76. The van der Waals surface area contributed by atoms with Gasteiger partial charge in [0.15, 0.2) is 0 Å². The molecule has 1 aliphatic heterocycles. The third kappa shape index (κ3) is 7.40. The Bertz CT molecular complexity index is 1420. The van der Waals surface area contributed by atoms with Crippen LogP contribution in [0.3, 0.4) is 0 Å². The Morgan fingerprint density at radius 1 is 1.10 bits per heavy atom. The molecule has 2 aromatic carbocycles. The van der Waals surface area contributed by atoms with Crippen molar-refractivity contribution in [2.45, 2.75) is 11.4 Å². The Morgan fingerprint density at radius 3 is 2.42 bits per heavy atom. The van der Waals surface area contributed by atoms with Crippen LogP contribution in [-0.4, -0.2) is 78.8 Å². The molecule has 2 heterocycles. The third-order valence-corrected chi connectivity index (χ3v) is 10.4. The zero-order valence-corrected chi connectivity index (χ0v) is 25.3. The number of hydrogen-bond acceptors (Lipinski definition) is 9. The lowest BCUT2D eigenvalue weighted by atomic mass is 10.2. The van der Waals surface area contributed by atoms with Crippen molar-refractivity contribution in [3.63, 3.8) is 0 Å². The van der Waals surface area contributed by atoms with Crippen molar-refractivity contribution in [3.8, 4) is 5.75 Å². The summed E-state index contributed by atoms with van der Waals surface area (Å²) >= 11 is 4.34. The molecule has 0 radical (unpaired) electrons. The second-order valence-corrected chi connectivity index (χ2v) is 13.2. The smallest absolute Gasteiger partial charge is 0.337 e. The number of methoxy groups -OCH3 is 1. The molecule has 0 unspecified atom stereocenters. The number of thiophene rings is 1. The molecular formula is C27H30BrN3O7S2. The number of nitrogens with zero attached hydrogens (tertiary/aromatic N) is 2. The molecule has 214 valence electrons. The first-order valence-corrected chi connectivity index (χ1v) is 15.5. The molecule has 40 heavy (non-hydrogen) atoms. The summed E-state index contributed by atoms with van der Waals surface area (Å²) in [5.41, 5.74) is 1.54. The molecule has 3 aromatic rings. The van der Waals surface area contributed by atoms with Gasteiger partial charge in [0.1, 0.15) is 17.3 Å². The van der Waals surface area contributed by atoms with E-state index >= 15 is 0 Å². The first kappa shape index (κ1) is 30.0. The fourth-order valence-electron chi connectivity index (χ4n) is 3.94. The molecule has 0 atom stereocenters. The van der Waals surface area contributed by atoms with Crippen molar-refractivity contribution in [1.29, 1.82) is 0 Å². The van der Waals surface area contributed by atoms with E-state index in [-0.39, 0.29) is 22.2 Å². The lowest BCUT2D eigenvalue weighted by Crippen LogP contribution is -2.38. The van der Waals surface area contributed by atoms with Crippen LogP contribution >= 0.6 is 27.3 Å². The van der Waals surface area contributed by atoms with E-state index in [1.165, 1.54) is 44.5 Å². The van der Waals surface area contributed by atoms with E-state index in [1.54, 1.807) is 0 Å². The van der Waals surface area contributed by atoms with Crippen LogP contribution in [0.5, 0.6) is 5.75 Å². The highest BCUT2D eigenvalue weighted by Crippen LogP contribution is 2.35. The van der Waals surface area contributed by atoms with Crippen LogP contribution in [0.15, 0.2) is 63.3 Å². The molecule has 10 nitrogen and oxygen atoms in total. The number of halogens is 1. The number of morpholine rings is 1. The van der Waals surface area contributed by atoms with Gasteiger partial charge in [-0.15, -0.1) is 11.3 Å². The summed E-state index contributed by atoms with van der Waals surface area (Å²) in [4.78, 5) is 27.0. The Hall–Kier alpha value is -2.97. The van der Waals surface area contributed by atoms with E-state index in [9.17, 15) is 18.0 Å². The molecule has 1 N–H and O–H groups in total. The van der Waals surface area contributed by atoms with Crippen LogP contribution < -0.4 is 14.4 Å². The maximum Gasteiger partial charge on any atom is 0.337 e. The average Bonchev–Trinajstić information content (AvgIpc) is 3.39. The van der Waals surface area contributed by atoms with E-state index < -0.39 is 16.0 Å². The Balaban J connectivity index is 1.32. The minimum Gasteiger partial charge on any atom is -0.492 e. The number of amides is 1. The number of rotatable bonds is 11. The Labute approximate surface area is 246 Å². The lowest BCUT2D eigenvalue weighted by Gasteiger charge is -2.26. The summed E-state index contributed by atoms with van der Waals surface area (Å²) in [6.45, 7) is 5.04. The van der Waals surface area contributed by atoms with E-state index in [1.807, 2.05) is 24.3 Å². The molecule has 1 saturated heterocycles. The standard InChI is InChI=1S/C27H30BrN3O7S2/c1-30(21-7-5-20(6-8-21)27(33)36-2)40(34,35)24-17-23(39-25(24)28)26(32)29-18-19-3-9-22(10-4-19)38-16-13-31-11-14-37-15-12-31/h3-10,17H,11-16,18H2,1-2H3,(H,29,32). The van der Waals surface area contributed by atoms with Gasteiger partial charge in [-0.05, 0) is 64.0 Å². The van der Waals surface area contributed by atoms with Gasteiger partial charge in [0.05, 0.1) is 40.2 Å². The van der Waals surface area contributed by atoms with E-state index in [0.29, 0.717) is 21.6 Å². The summed E-state index contributed by atoms with van der Waals surface area (Å²) in [6.07, 6.45) is 0. The second kappa shape index (κ2) is 13.6. The predicted molar refractivity (Wildman–Crippen MR) is 156 cm³/mol. The number of hydrogen-bond donors (Lipinski definition) is 1. The number of anilines is 1. The minimum absolute atomic E-state index is 0.0271. The quantitative estimate of drug-likeness (QED) is 0.312. The minimum atomic E-state index is -3.98. The van der Waals surface area contributed by atoms with Gasteiger partial charge in [0.2, 0.25) is 0 Å². The maximum atomic E-state index is 13.3. The fraction of sp³-hybridized carbons (Fsp3) is 0.333. The Morgan fingerprint density at radius 2 is 1.77 bits per heavy atom. The number of esters is 1. The molecule has 13 heteroatoms. The summed E-state index contributed by atoms with van der Waals surface area (Å²) in [7, 11) is -1.31. The monoisotopic (exact) mass is 651 g/mol. The summed E-state index contributed by atoms with van der Waals surface area (Å²) in [5.74, 6) is -0.149. The molecule has 1 aromatic heterocycles. The van der Waals surface area contributed by atoms with Gasteiger partial charge in [-0.1, -0.05) is 12.1 Å². The highest BCUT2D eigenvalue weighted by atomic mass is 79.9. The van der Waals surface area contributed by atoms with Crippen molar-refractivity contribution in [3.05, 3.63) is 74.4 Å². The molecule has 1 fully saturated rings. The molecule has 0 bridgehead atoms.